The monoisotopic (exact) mass is 299 g/mol. The van der Waals surface area contributed by atoms with E-state index in [1.165, 1.54) is 5.56 Å². The van der Waals surface area contributed by atoms with Crippen LogP contribution in [-0.2, 0) is 6.54 Å². The van der Waals surface area contributed by atoms with E-state index in [1.54, 1.807) is 0 Å². The minimum absolute atomic E-state index is 0. The van der Waals surface area contributed by atoms with E-state index >= 15 is 0 Å². The molecule has 0 aliphatic carbocycles. The normalized spacial score (nSPS) is 9.41. The number of rotatable bonds is 2. The van der Waals surface area contributed by atoms with E-state index in [1.807, 2.05) is 32.6 Å². The SMILES string of the molecule is CN(C)Cc1c[nH]c2cc(Cl)ncc12.Cl.Cl.O. The second-order valence-corrected chi connectivity index (χ2v) is 3.99. The van der Waals surface area contributed by atoms with Gasteiger partial charge in [0.2, 0.25) is 0 Å². The Labute approximate surface area is 117 Å². The Balaban J connectivity index is 0. The fourth-order valence-corrected chi connectivity index (χ4v) is 1.68. The first-order valence-corrected chi connectivity index (χ1v) is 4.81. The van der Waals surface area contributed by atoms with Crippen molar-refractivity contribution < 1.29 is 5.48 Å². The number of aromatic amines is 1. The predicted molar refractivity (Wildman–Crippen MR) is 76.6 cm³/mol. The molecule has 0 aliphatic rings. The number of halogens is 3. The van der Waals surface area contributed by atoms with Crippen LogP contribution >= 0.6 is 36.4 Å². The summed E-state index contributed by atoms with van der Waals surface area (Å²) in [6.45, 7) is 0.906. The Morgan fingerprint density at radius 2 is 2.00 bits per heavy atom. The predicted octanol–water partition coefficient (Wildman–Crippen LogP) is 2.30. The molecule has 0 saturated heterocycles. The first kappa shape index (κ1) is 18.8. The molecule has 0 atom stereocenters. The van der Waals surface area contributed by atoms with Gasteiger partial charge in [-0.3, -0.25) is 0 Å². The van der Waals surface area contributed by atoms with Crippen LogP contribution in [0.4, 0.5) is 0 Å². The van der Waals surface area contributed by atoms with Crippen molar-refractivity contribution in [2.24, 2.45) is 0 Å². The van der Waals surface area contributed by atoms with Crippen molar-refractivity contribution in [3.05, 3.63) is 29.2 Å². The summed E-state index contributed by atoms with van der Waals surface area (Å²) in [5, 5.41) is 1.67. The average Bonchev–Trinajstić information content (AvgIpc) is 2.47. The van der Waals surface area contributed by atoms with Gasteiger partial charge in [0.15, 0.2) is 0 Å². The lowest BCUT2D eigenvalue weighted by Crippen LogP contribution is -2.10. The molecule has 3 N–H and O–H groups in total. The molecule has 0 bridgehead atoms. The largest absolute Gasteiger partial charge is 0.412 e. The lowest BCUT2D eigenvalue weighted by Gasteiger charge is -2.07. The first-order valence-electron chi connectivity index (χ1n) is 4.43. The first-order chi connectivity index (χ1) is 6.66. The van der Waals surface area contributed by atoms with Gasteiger partial charge in [0.05, 0.1) is 5.52 Å². The summed E-state index contributed by atoms with van der Waals surface area (Å²) < 4.78 is 0. The summed E-state index contributed by atoms with van der Waals surface area (Å²) in [6.07, 6.45) is 3.82. The highest BCUT2D eigenvalue weighted by molar-refractivity contribution is 6.30. The van der Waals surface area contributed by atoms with Crippen LogP contribution in [0.1, 0.15) is 5.56 Å². The Kier molecular flexibility index (Phi) is 8.57. The molecular formula is C10H16Cl3N3O. The minimum Gasteiger partial charge on any atom is -0.412 e. The summed E-state index contributed by atoms with van der Waals surface area (Å²) in [7, 11) is 4.09. The maximum atomic E-state index is 5.79. The van der Waals surface area contributed by atoms with Gasteiger partial charge in [0, 0.05) is 24.3 Å². The van der Waals surface area contributed by atoms with Crippen LogP contribution in [-0.4, -0.2) is 34.4 Å². The van der Waals surface area contributed by atoms with Crippen molar-refractivity contribution in [1.29, 1.82) is 0 Å². The molecule has 17 heavy (non-hydrogen) atoms. The highest BCUT2D eigenvalue weighted by Crippen LogP contribution is 2.20. The summed E-state index contributed by atoms with van der Waals surface area (Å²) >= 11 is 5.79. The Bertz CT molecular complexity index is 459. The summed E-state index contributed by atoms with van der Waals surface area (Å²) in [6, 6.07) is 1.84. The molecule has 2 heterocycles. The lowest BCUT2D eigenvalue weighted by atomic mass is 10.2. The maximum absolute atomic E-state index is 5.79. The zero-order chi connectivity index (χ0) is 10.1. The van der Waals surface area contributed by atoms with Crippen molar-refractivity contribution in [2.75, 3.05) is 14.1 Å². The number of hydrogen-bond acceptors (Lipinski definition) is 2. The van der Waals surface area contributed by atoms with Gasteiger partial charge in [-0.1, -0.05) is 11.6 Å². The van der Waals surface area contributed by atoms with Crippen molar-refractivity contribution in [1.82, 2.24) is 14.9 Å². The summed E-state index contributed by atoms with van der Waals surface area (Å²) in [5.74, 6) is 0. The standard InChI is InChI=1S/C10H12ClN3.2ClH.H2O/c1-14(2)6-7-4-12-9-3-10(11)13-5-8(7)9;;;/h3-5,12H,6H2,1-2H3;2*1H;1H2. The second kappa shape index (κ2) is 7.74. The number of aromatic nitrogens is 2. The third kappa shape index (κ3) is 4.33. The highest BCUT2D eigenvalue weighted by atomic mass is 35.5. The Morgan fingerprint density at radius 3 is 2.59 bits per heavy atom. The van der Waals surface area contributed by atoms with Gasteiger partial charge in [-0.2, -0.15) is 0 Å². The summed E-state index contributed by atoms with van der Waals surface area (Å²) in [5.41, 5.74) is 2.29. The highest BCUT2D eigenvalue weighted by Gasteiger charge is 2.05. The number of H-pyrrole nitrogens is 1. The van der Waals surface area contributed by atoms with Crippen LogP contribution in [0.15, 0.2) is 18.5 Å². The van der Waals surface area contributed by atoms with E-state index in [4.69, 9.17) is 11.6 Å². The fourth-order valence-electron chi connectivity index (χ4n) is 1.52. The number of hydrogen-bond donors (Lipinski definition) is 1. The molecule has 7 heteroatoms. The van der Waals surface area contributed by atoms with Crippen molar-refractivity contribution >= 4 is 47.3 Å². The zero-order valence-electron chi connectivity index (χ0n) is 9.53. The molecular weight excluding hydrogens is 284 g/mol. The van der Waals surface area contributed by atoms with E-state index in [9.17, 15) is 0 Å². The van der Waals surface area contributed by atoms with Gasteiger partial charge in [-0.15, -0.1) is 24.8 Å². The van der Waals surface area contributed by atoms with Gasteiger partial charge in [0.25, 0.3) is 0 Å². The van der Waals surface area contributed by atoms with Crippen LogP contribution in [0.25, 0.3) is 10.9 Å². The van der Waals surface area contributed by atoms with E-state index < -0.39 is 0 Å². The molecule has 0 radical (unpaired) electrons. The van der Waals surface area contributed by atoms with Crippen molar-refractivity contribution in [3.8, 4) is 0 Å². The molecule has 0 aromatic carbocycles. The fraction of sp³-hybridized carbons (Fsp3) is 0.300. The molecule has 2 aromatic heterocycles. The molecule has 98 valence electrons. The van der Waals surface area contributed by atoms with Crippen LogP contribution < -0.4 is 0 Å². The smallest absolute Gasteiger partial charge is 0.131 e. The Morgan fingerprint density at radius 1 is 1.35 bits per heavy atom. The maximum Gasteiger partial charge on any atom is 0.131 e. The molecule has 0 spiro atoms. The number of nitrogens with zero attached hydrogens (tertiary/aromatic N) is 2. The van der Waals surface area contributed by atoms with Crippen LogP contribution in [0.2, 0.25) is 5.15 Å². The van der Waals surface area contributed by atoms with E-state index in [0.717, 1.165) is 17.4 Å². The van der Waals surface area contributed by atoms with Gasteiger partial charge in [-0.25, -0.2) is 4.98 Å². The molecule has 0 aliphatic heterocycles. The topological polar surface area (TPSA) is 63.4 Å². The lowest BCUT2D eigenvalue weighted by molar-refractivity contribution is 0.404. The van der Waals surface area contributed by atoms with Crippen LogP contribution in [0.5, 0.6) is 0 Å². The molecule has 0 saturated carbocycles. The molecule has 4 nitrogen and oxygen atoms in total. The van der Waals surface area contributed by atoms with Crippen molar-refractivity contribution in [2.45, 2.75) is 6.54 Å². The van der Waals surface area contributed by atoms with E-state index in [2.05, 4.69) is 14.9 Å². The zero-order valence-corrected chi connectivity index (χ0v) is 11.9. The van der Waals surface area contributed by atoms with Gasteiger partial charge < -0.3 is 15.4 Å². The molecule has 2 rings (SSSR count). The molecule has 0 unspecified atom stereocenters. The third-order valence-electron chi connectivity index (χ3n) is 2.11. The quantitative estimate of drug-likeness (QED) is 0.865. The van der Waals surface area contributed by atoms with Gasteiger partial charge >= 0.3 is 0 Å². The van der Waals surface area contributed by atoms with E-state index in [0.29, 0.717) is 5.15 Å². The summed E-state index contributed by atoms with van der Waals surface area (Å²) in [4.78, 5) is 9.38. The van der Waals surface area contributed by atoms with Crippen LogP contribution in [0, 0.1) is 0 Å². The molecule has 2 aromatic rings. The Hall–Kier alpha value is -0.520. The van der Waals surface area contributed by atoms with Gasteiger partial charge in [0.1, 0.15) is 5.15 Å². The number of nitrogens with one attached hydrogen (secondary N) is 1. The number of pyridine rings is 1. The van der Waals surface area contributed by atoms with E-state index in [-0.39, 0.29) is 30.3 Å². The van der Waals surface area contributed by atoms with Crippen LogP contribution in [0.3, 0.4) is 0 Å². The second-order valence-electron chi connectivity index (χ2n) is 3.60. The average molecular weight is 301 g/mol. The molecule has 0 amide bonds. The number of fused-ring (bicyclic) bond motifs is 1. The van der Waals surface area contributed by atoms with Crippen molar-refractivity contribution in [3.63, 3.8) is 0 Å². The minimum atomic E-state index is 0. The van der Waals surface area contributed by atoms with Gasteiger partial charge in [-0.05, 0) is 25.7 Å². The molecule has 0 fully saturated rings. The third-order valence-corrected chi connectivity index (χ3v) is 2.31.